The number of ether oxygens (including phenoxy) is 1. The van der Waals surface area contributed by atoms with Gasteiger partial charge in [-0.15, -0.1) is 0 Å². The number of piperidine rings is 1. The Bertz CT molecular complexity index is 1100. The highest BCUT2D eigenvalue weighted by atomic mass is 19.1. The number of amides is 4. The Kier molecular flexibility index (Phi) is 5.89. The lowest BCUT2D eigenvalue weighted by atomic mass is 10.0. The van der Waals surface area contributed by atoms with Gasteiger partial charge in [-0.2, -0.15) is 0 Å². The van der Waals surface area contributed by atoms with Crippen LogP contribution in [0, 0.1) is 12.7 Å². The predicted molar refractivity (Wildman–Crippen MR) is 113 cm³/mol. The van der Waals surface area contributed by atoms with Crippen molar-refractivity contribution in [2.75, 3.05) is 18.5 Å². The molecule has 4 amide bonds. The zero-order chi connectivity index (χ0) is 22.8. The lowest BCUT2D eigenvalue weighted by molar-refractivity contribution is -0.136. The highest BCUT2D eigenvalue weighted by Crippen LogP contribution is 2.31. The van der Waals surface area contributed by atoms with E-state index in [1.165, 1.54) is 6.07 Å². The monoisotopic (exact) mass is 439 g/mol. The molecule has 2 aromatic carbocycles. The smallest absolute Gasteiger partial charge is 0.262 e. The van der Waals surface area contributed by atoms with Crippen LogP contribution in [0.15, 0.2) is 36.4 Å². The number of aryl methyl sites for hydroxylation is 1. The molecule has 8 nitrogen and oxygen atoms in total. The molecule has 0 bridgehead atoms. The molecule has 2 N–H and O–H groups in total. The number of nitrogens with one attached hydrogen (secondary N) is 2. The van der Waals surface area contributed by atoms with E-state index in [4.69, 9.17) is 4.74 Å². The molecule has 166 valence electrons. The van der Waals surface area contributed by atoms with E-state index in [1.54, 1.807) is 0 Å². The van der Waals surface area contributed by atoms with Crippen LogP contribution in [0.25, 0.3) is 0 Å². The first-order chi connectivity index (χ1) is 15.3. The summed E-state index contributed by atoms with van der Waals surface area (Å²) in [5.74, 6) is -2.50. The van der Waals surface area contributed by atoms with Crippen LogP contribution in [-0.2, 0) is 9.59 Å². The van der Waals surface area contributed by atoms with Gasteiger partial charge in [-0.3, -0.25) is 29.4 Å². The molecule has 0 spiro atoms. The van der Waals surface area contributed by atoms with Gasteiger partial charge in [0.2, 0.25) is 11.8 Å². The third-order valence-electron chi connectivity index (χ3n) is 5.45. The quantitative estimate of drug-likeness (QED) is 0.507. The minimum Gasteiger partial charge on any atom is -0.494 e. The Hall–Kier alpha value is -3.75. The number of benzene rings is 2. The summed E-state index contributed by atoms with van der Waals surface area (Å²) in [7, 11) is 0. The first-order valence-electron chi connectivity index (χ1n) is 10.3. The van der Waals surface area contributed by atoms with Crippen LogP contribution in [0.2, 0.25) is 0 Å². The van der Waals surface area contributed by atoms with E-state index in [0.29, 0.717) is 19.6 Å². The molecule has 0 saturated carbocycles. The summed E-state index contributed by atoms with van der Waals surface area (Å²) in [6, 6.07) is 8.86. The van der Waals surface area contributed by atoms with Crippen molar-refractivity contribution in [3.63, 3.8) is 0 Å². The van der Waals surface area contributed by atoms with Crippen molar-refractivity contribution < 1.29 is 28.3 Å². The molecule has 0 radical (unpaired) electrons. The lowest BCUT2D eigenvalue weighted by Gasteiger charge is -2.27. The molecule has 2 aliphatic rings. The number of halogens is 1. The van der Waals surface area contributed by atoms with Gasteiger partial charge in [0.25, 0.3) is 11.8 Å². The SMILES string of the molecule is Cc1ccc(OCCCNc2cc3c(cc2F)C(=O)N(C2CCC(=O)NC2=O)C3=O)cc1. The molecule has 1 atom stereocenters. The fourth-order valence-electron chi connectivity index (χ4n) is 3.75. The minimum atomic E-state index is -1.08. The van der Waals surface area contributed by atoms with E-state index in [0.717, 1.165) is 22.3 Å². The van der Waals surface area contributed by atoms with Crippen LogP contribution in [0.3, 0.4) is 0 Å². The first-order valence-corrected chi connectivity index (χ1v) is 10.3. The van der Waals surface area contributed by atoms with Crippen molar-refractivity contribution in [1.82, 2.24) is 10.2 Å². The number of hydrogen-bond acceptors (Lipinski definition) is 6. The van der Waals surface area contributed by atoms with Gasteiger partial charge in [0.1, 0.15) is 17.6 Å². The van der Waals surface area contributed by atoms with E-state index in [-0.39, 0.29) is 29.7 Å². The molecule has 1 saturated heterocycles. The van der Waals surface area contributed by atoms with Crippen LogP contribution in [-0.4, -0.2) is 47.7 Å². The van der Waals surface area contributed by atoms with Crippen molar-refractivity contribution in [3.05, 3.63) is 58.9 Å². The summed E-state index contributed by atoms with van der Waals surface area (Å²) >= 11 is 0. The highest BCUT2D eigenvalue weighted by Gasteiger charge is 2.45. The molecule has 2 aliphatic heterocycles. The van der Waals surface area contributed by atoms with Gasteiger partial charge in [0.05, 0.1) is 23.4 Å². The summed E-state index contributed by atoms with van der Waals surface area (Å²) in [5.41, 5.74) is 1.16. The van der Waals surface area contributed by atoms with Gasteiger partial charge in [-0.1, -0.05) is 17.7 Å². The third-order valence-corrected chi connectivity index (χ3v) is 5.45. The number of fused-ring (bicyclic) bond motifs is 1. The van der Waals surface area contributed by atoms with Gasteiger partial charge < -0.3 is 10.1 Å². The Morgan fingerprint density at radius 2 is 1.78 bits per heavy atom. The van der Waals surface area contributed by atoms with Crippen LogP contribution >= 0.6 is 0 Å². The standard InChI is InChI=1S/C23H22FN3O5/c1-13-3-5-14(6-4-13)32-10-2-9-25-18-12-16-15(11-17(18)24)22(30)27(23(16)31)19-7-8-20(28)26-21(19)29/h3-6,11-12,19,25H,2,7-10H2,1H3,(H,26,28,29). The summed E-state index contributed by atoms with van der Waals surface area (Å²) < 4.78 is 20.2. The summed E-state index contributed by atoms with van der Waals surface area (Å²) in [6.45, 7) is 2.80. The number of imide groups is 2. The first kappa shape index (κ1) is 21.5. The second-order valence-electron chi connectivity index (χ2n) is 7.77. The van der Waals surface area contributed by atoms with E-state index >= 15 is 0 Å². The maximum Gasteiger partial charge on any atom is 0.262 e. The minimum absolute atomic E-state index is 0.0235. The van der Waals surface area contributed by atoms with Gasteiger partial charge in [0, 0.05) is 13.0 Å². The summed E-state index contributed by atoms with van der Waals surface area (Å²) in [5, 5.41) is 5.05. The van der Waals surface area contributed by atoms with Crippen molar-refractivity contribution >= 4 is 29.3 Å². The van der Waals surface area contributed by atoms with E-state index in [2.05, 4.69) is 10.6 Å². The third kappa shape index (κ3) is 4.18. The maximum absolute atomic E-state index is 14.6. The number of nitrogens with zero attached hydrogens (tertiary/aromatic N) is 1. The predicted octanol–water partition coefficient (Wildman–Crippen LogP) is 2.42. The molecule has 4 rings (SSSR count). The Morgan fingerprint density at radius 3 is 2.47 bits per heavy atom. The van der Waals surface area contributed by atoms with Crippen LogP contribution < -0.4 is 15.4 Å². The fourth-order valence-corrected chi connectivity index (χ4v) is 3.75. The Balaban J connectivity index is 1.39. The van der Waals surface area contributed by atoms with Gasteiger partial charge >= 0.3 is 0 Å². The summed E-state index contributed by atoms with van der Waals surface area (Å²) in [4.78, 5) is 49.8. The second-order valence-corrected chi connectivity index (χ2v) is 7.77. The van der Waals surface area contributed by atoms with Crippen molar-refractivity contribution in [2.45, 2.75) is 32.2 Å². The number of carbonyl (C=O) groups is 4. The van der Waals surface area contributed by atoms with Gasteiger partial charge in [0.15, 0.2) is 0 Å². The molecule has 1 unspecified atom stereocenters. The molecule has 2 heterocycles. The van der Waals surface area contributed by atoms with Crippen LogP contribution in [0.5, 0.6) is 5.75 Å². The number of rotatable bonds is 7. The largest absolute Gasteiger partial charge is 0.494 e. The fraction of sp³-hybridized carbons (Fsp3) is 0.304. The molecular weight excluding hydrogens is 417 g/mol. The average molecular weight is 439 g/mol. The van der Waals surface area contributed by atoms with E-state index in [9.17, 15) is 23.6 Å². The maximum atomic E-state index is 14.6. The van der Waals surface area contributed by atoms with Crippen molar-refractivity contribution in [3.8, 4) is 5.75 Å². The van der Waals surface area contributed by atoms with E-state index in [1.807, 2.05) is 31.2 Å². The van der Waals surface area contributed by atoms with Gasteiger partial charge in [-0.25, -0.2) is 4.39 Å². The molecule has 2 aromatic rings. The lowest BCUT2D eigenvalue weighted by Crippen LogP contribution is -2.54. The van der Waals surface area contributed by atoms with Crippen LogP contribution in [0.4, 0.5) is 10.1 Å². The molecule has 9 heteroatoms. The second kappa shape index (κ2) is 8.78. The molecule has 0 aromatic heterocycles. The van der Waals surface area contributed by atoms with Crippen LogP contribution in [0.1, 0.15) is 45.5 Å². The number of anilines is 1. The van der Waals surface area contributed by atoms with E-state index < -0.39 is 35.5 Å². The van der Waals surface area contributed by atoms with Crippen molar-refractivity contribution in [1.29, 1.82) is 0 Å². The average Bonchev–Trinajstić information content (AvgIpc) is 2.99. The molecule has 32 heavy (non-hydrogen) atoms. The van der Waals surface area contributed by atoms with Crippen molar-refractivity contribution in [2.24, 2.45) is 0 Å². The van der Waals surface area contributed by atoms with Gasteiger partial charge in [-0.05, 0) is 44.0 Å². The molecule has 1 fully saturated rings. The zero-order valence-electron chi connectivity index (χ0n) is 17.4. The Morgan fingerprint density at radius 1 is 1.09 bits per heavy atom. The zero-order valence-corrected chi connectivity index (χ0v) is 17.4. The number of hydrogen-bond donors (Lipinski definition) is 2. The Labute approximate surface area is 183 Å². The topological polar surface area (TPSA) is 105 Å². The number of carbonyl (C=O) groups excluding carboxylic acids is 4. The highest BCUT2D eigenvalue weighted by molar-refractivity contribution is 6.23. The molecule has 0 aliphatic carbocycles. The summed E-state index contributed by atoms with van der Waals surface area (Å²) in [6.07, 6.45) is 0.653. The normalized spacial score (nSPS) is 17.9. The molecular formula is C23H22FN3O5.